The third-order valence-corrected chi connectivity index (χ3v) is 7.40. The fourth-order valence-corrected chi connectivity index (χ4v) is 5.02. The van der Waals surface area contributed by atoms with E-state index in [2.05, 4.69) is 12.1 Å². The Bertz CT molecular complexity index is 1210. The van der Waals surface area contributed by atoms with E-state index in [-0.39, 0.29) is 17.9 Å². The van der Waals surface area contributed by atoms with Crippen LogP contribution in [0.1, 0.15) is 63.6 Å². The molecule has 0 unspecified atom stereocenters. The Morgan fingerprint density at radius 3 is 2.41 bits per heavy atom. The van der Waals surface area contributed by atoms with Crippen molar-refractivity contribution >= 4 is 11.8 Å². The van der Waals surface area contributed by atoms with Crippen LogP contribution in [-0.4, -0.2) is 53.9 Å². The van der Waals surface area contributed by atoms with Crippen LogP contribution in [0.3, 0.4) is 0 Å². The summed E-state index contributed by atoms with van der Waals surface area (Å²) in [6.07, 6.45) is 3.40. The van der Waals surface area contributed by atoms with E-state index < -0.39 is 0 Å². The summed E-state index contributed by atoms with van der Waals surface area (Å²) in [5.74, 6) is 0.614. The van der Waals surface area contributed by atoms with E-state index in [4.69, 9.17) is 4.74 Å². The minimum atomic E-state index is -0.180. The second-order valence-corrected chi connectivity index (χ2v) is 9.84. The van der Waals surface area contributed by atoms with Gasteiger partial charge >= 0.3 is 0 Å². The Labute approximate surface area is 221 Å². The molecule has 4 rings (SSSR count). The van der Waals surface area contributed by atoms with Gasteiger partial charge in [-0.05, 0) is 81.3 Å². The molecule has 37 heavy (non-hydrogen) atoms. The number of rotatable bonds is 4. The highest BCUT2D eigenvalue weighted by Crippen LogP contribution is 2.24. The summed E-state index contributed by atoms with van der Waals surface area (Å²) in [4.78, 5) is 31.3. The molecular weight excluding hydrogens is 460 g/mol. The molecule has 0 bridgehead atoms. The van der Waals surface area contributed by atoms with Gasteiger partial charge in [-0.15, -0.1) is 0 Å². The maximum Gasteiger partial charge on any atom is 0.257 e. The smallest absolute Gasteiger partial charge is 0.257 e. The molecule has 1 heterocycles. The number of aryl methyl sites for hydroxylation is 1. The Balaban J connectivity index is 1.72. The van der Waals surface area contributed by atoms with Gasteiger partial charge in [-0.2, -0.15) is 0 Å². The number of carbonyl (C=O) groups excluding carboxylic acids is 2. The third kappa shape index (κ3) is 6.40. The Morgan fingerprint density at radius 1 is 0.892 bits per heavy atom. The van der Waals surface area contributed by atoms with Crippen LogP contribution in [0.4, 0.5) is 0 Å². The lowest BCUT2D eigenvalue weighted by molar-refractivity contribution is 0.0604. The molecule has 1 aliphatic rings. The zero-order valence-corrected chi connectivity index (χ0v) is 22.3. The number of hydrogen-bond donors (Lipinski definition) is 0. The minimum Gasteiger partial charge on any atom is -0.491 e. The average Bonchev–Trinajstić information content (AvgIpc) is 2.93. The summed E-state index contributed by atoms with van der Waals surface area (Å²) in [5.41, 5.74) is 4.61. The topological polar surface area (TPSA) is 49.9 Å². The molecule has 1 aliphatic heterocycles. The van der Waals surface area contributed by atoms with Crippen LogP contribution < -0.4 is 4.74 Å². The van der Waals surface area contributed by atoms with Gasteiger partial charge in [0.15, 0.2) is 0 Å². The molecule has 0 spiro atoms. The maximum absolute atomic E-state index is 14.1. The van der Waals surface area contributed by atoms with Gasteiger partial charge in [-0.25, -0.2) is 0 Å². The van der Waals surface area contributed by atoms with Crippen LogP contribution >= 0.6 is 0 Å². The van der Waals surface area contributed by atoms with E-state index in [0.29, 0.717) is 44.0 Å². The molecule has 1 atom stereocenters. The van der Waals surface area contributed by atoms with Crippen LogP contribution in [0.25, 0.3) is 0 Å². The van der Waals surface area contributed by atoms with Gasteiger partial charge in [-0.3, -0.25) is 9.59 Å². The van der Waals surface area contributed by atoms with Crippen molar-refractivity contribution in [3.63, 3.8) is 0 Å². The number of fused-ring (bicyclic) bond motifs is 1. The second-order valence-electron chi connectivity index (χ2n) is 9.84. The van der Waals surface area contributed by atoms with Gasteiger partial charge < -0.3 is 14.5 Å². The molecule has 0 aliphatic carbocycles. The first-order valence-electron chi connectivity index (χ1n) is 13.4. The van der Waals surface area contributed by atoms with E-state index in [0.717, 1.165) is 41.5 Å². The van der Waals surface area contributed by atoms with Crippen LogP contribution in [0.5, 0.6) is 5.75 Å². The number of carbonyl (C=O) groups is 2. The number of benzene rings is 3. The number of ether oxygens (including phenoxy) is 1. The van der Waals surface area contributed by atoms with Crippen molar-refractivity contribution in [3.05, 3.63) is 101 Å². The molecule has 0 aromatic heterocycles. The fraction of sp³-hybridized carbons (Fsp3) is 0.375. The van der Waals surface area contributed by atoms with Crippen LogP contribution in [-0.2, 0) is 6.42 Å². The highest BCUT2D eigenvalue weighted by atomic mass is 16.5. The third-order valence-electron chi connectivity index (χ3n) is 7.40. The monoisotopic (exact) mass is 498 g/mol. The quantitative estimate of drug-likeness (QED) is 0.438. The summed E-state index contributed by atoms with van der Waals surface area (Å²) < 4.78 is 6.38. The molecule has 194 valence electrons. The fourth-order valence-electron chi connectivity index (χ4n) is 5.02. The Kier molecular flexibility index (Phi) is 8.99. The van der Waals surface area contributed by atoms with Gasteiger partial charge in [0.2, 0.25) is 0 Å². The van der Waals surface area contributed by atoms with Crippen LogP contribution in [0.15, 0.2) is 72.8 Å². The molecule has 2 amide bonds. The molecular formula is C32H38N2O3. The van der Waals surface area contributed by atoms with Crippen LogP contribution in [0.2, 0.25) is 0 Å². The van der Waals surface area contributed by atoms with Crippen molar-refractivity contribution in [2.45, 2.75) is 52.5 Å². The van der Waals surface area contributed by atoms with Gasteiger partial charge in [0.25, 0.3) is 11.8 Å². The van der Waals surface area contributed by atoms with Gasteiger partial charge in [0, 0.05) is 25.2 Å². The maximum atomic E-state index is 14.1. The Morgan fingerprint density at radius 2 is 1.62 bits per heavy atom. The summed E-state index contributed by atoms with van der Waals surface area (Å²) in [5, 5.41) is 0. The molecule has 0 saturated carbocycles. The molecule has 3 aromatic carbocycles. The van der Waals surface area contributed by atoms with E-state index >= 15 is 0 Å². The zero-order valence-electron chi connectivity index (χ0n) is 22.3. The molecule has 5 heteroatoms. The summed E-state index contributed by atoms with van der Waals surface area (Å²) in [6, 6.07) is 23.5. The van der Waals surface area contributed by atoms with Crippen molar-refractivity contribution in [2.75, 3.05) is 26.2 Å². The highest BCUT2D eigenvalue weighted by Gasteiger charge is 2.28. The first-order chi connectivity index (χ1) is 18.0. The van der Waals surface area contributed by atoms with Crippen LogP contribution in [0, 0.1) is 13.8 Å². The predicted octanol–water partition coefficient (Wildman–Crippen LogP) is 6.08. The normalized spacial score (nSPS) is 17.2. The average molecular weight is 499 g/mol. The number of para-hydroxylation sites is 1. The molecule has 0 radical (unpaired) electrons. The minimum absolute atomic E-state index is 0.000254. The zero-order chi connectivity index (χ0) is 26.2. The van der Waals surface area contributed by atoms with E-state index in [1.54, 1.807) is 0 Å². The van der Waals surface area contributed by atoms with Gasteiger partial charge in [0.1, 0.15) is 12.4 Å². The van der Waals surface area contributed by atoms with Gasteiger partial charge in [-0.1, -0.05) is 54.6 Å². The second kappa shape index (κ2) is 12.6. The number of amides is 2. The molecule has 5 nitrogen and oxygen atoms in total. The van der Waals surface area contributed by atoms with Crippen molar-refractivity contribution in [3.8, 4) is 5.75 Å². The van der Waals surface area contributed by atoms with Crippen molar-refractivity contribution < 1.29 is 14.3 Å². The molecule has 0 saturated heterocycles. The first kappa shape index (κ1) is 26.5. The number of hydrogen-bond acceptors (Lipinski definition) is 3. The predicted molar refractivity (Wildman–Crippen MR) is 148 cm³/mol. The number of nitrogens with zero attached hydrogens (tertiary/aromatic N) is 2. The Hall–Kier alpha value is -3.60. The molecule has 3 aromatic rings. The summed E-state index contributed by atoms with van der Waals surface area (Å²) in [6.45, 7) is 8.39. The van der Waals surface area contributed by atoms with E-state index in [1.807, 2.05) is 91.2 Å². The molecule has 0 N–H and O–H groups in total. The highest BCUT2D eigenvalue weighted by molar-refractivity contribution is 5.97. The van der Waals surface area contributed by atoms with Crippen molar-refractivity contribution in [1.82, 2.24) is 9.80 Å². The lowest BCUT2D eigenvalue weighted by Crippen LogP contribution is -2.46. The lowest BCUT2D eigenvalue weighted by Gasteiger charge is -2.33. The lowest BCUT2D eigenvalue weighted by atomic mass is 9.99. The summed E-state index contributed by atoms with van der Waals surface area (Å²) >= 11 is 0. The SMILES string of the molecule is CCN1CCCCCN(C(=O)c2cccc(C)c2C)[C@@H](Cc2ccccc2)COc2ccccc2C1=O. The van der Waals surface area contributed by atoms with E-state index in [1.165, 1.54) is 0 Å². The largest absolute Gasteiger partial charge is 0.491 e. The van der Waals surface area contributed by atoms with Gasteiger partial charge in [0.05, 0.1) is 11.6 Å². The standard InChI is InChI=1S/C32H38N2O3/c1-4-33-20-11-6-12-21-34(32(36)28-18-13-14-24(2)25(28)3)27(22-26-15-7-5-8-16-26)23-37-30-19-10-9-17-29(30)31(33)35/h5,7-10,13-19,27H,4,6,11-12,20-23H2,1-3H3/t27-/m0/s1. The molecule has 0 fully saturated rings. The first-order valence-corrected chi connectivity index (χ1v) is 13.4. The van der Waals surface area contributed by atoms with Crippen molar-refractivity contribution in [1.29, 1.82) is 0 Å². The van der Waals surface area contributed by atoms with E-state index in [9.17, 15) is 9.59 Å². The summed E-state index contributed by atoms with van der Waals surface area (Å²) in [7, 11) is 0. The van der Waals surface area contributed by atoms with Crippen molar-refractivity contribution in [2.24, 2.45) is 0 Å².